The summed E-state index contributed by atoms with van der Waals surface area (Å²) in [7, 11) is 1.56. The van der Waals surface area contributed by atoms with E-state index in [9.17, 15) is 9.59 Å². The predicted molar refractivity (Wildman–Crippen MR) is 93.3 cm³/mol. The van der Waals surface area contributed by atoms with Crippen molar-refractivity contribution < 1.29 is 14.3 Å². The third-order valence-corrected chi connectivity index (χ3v) is 4.17. The van der Waals surface area contributed by atoms with Crippen LogP contribution in [0, 0.1) is 12.8 Å². The molecule has 0 aliphatic carbocycles. The van der Waals surface area contributed by atoms with Crippen molar-refractivity contribution in [3.05, 3.63) is 54.1 Å². The van der Waals surface area contributed by atoms with Crippen LogP contribution in [-0.2, 0) is 9.59 Å². The van der Waals surface area contributed by atoms with Crippen molar-refractivity contribution in [2.75, 3.05) is 23.9 Å². The molecule has 1 saturated heterocycles. The molecule has 1 heterocycles. The SMILES string of the molecule is COc1ccccc1NC(=O)[C@@H]1CC(=O)N(c2cccc(C)c2)C1. The third kappa shape index (κ3) is 3.25. The van der Waals surface area contributed by atoms with Crippen molar-refractivity contribution in [2.24, 2.45) is 5.92 Å². The number of hydrogen-bond donors (Lipinski definition) is 1. The second-order valence-electron chi connectivity index (χ2n) is 5.93. The average Bonchev–Trinajstić information content (AvgIpc) is 2.97. The van der Waals surface area contributed by atoms with Gasteiger partial charge in [0.15, 0.2) is 0 Å². The van der Waals surface area contributed by atoms with Gasteiger partial charge in [0.1, 0.15) is 5.75 Å². The molecule has 124 valence electrons. The van der Waals surface area contributed by atoms with Gasteiger partial charge in [-0.1, -0.05) is 24.3 Å². The fourth-order valence-corrected chi connectivity index (χ4v) is 2.91. The van der Waals surface area contributed by atoms with E-state index in [0.29, 0.717) is 18.0 Å². The lowest BCUT2D eigenvalue weighted by molar-refractivity contribution is -0.122. The first-order valence-electron chi connectivity index (χ1n) is 7.89. The van der Waals surface area contributed by atoms with Crippen LogP contribution >= 0.6 is 0 Å². The van der Waals surface area contributed by atoms with Gasteiger partial charge in [-0.2, -0.15) is 0 Å². The van der Waals surface area contributed by atoms with Gasteiger partial charge < -0.3 is 15.0 Å². The van der Waals surface area contributed by atoms with Crippen molar-refractivity contribution >= 4 is 23.2 Å². The summed E-state index contributed by atoms with van der Waals surface area (Å²) in [6.07, 6.45) is 0.217. The Kier molecular flexibility index (Phi) is 4.51. The van der Waals surface area contributed by atoms with E-state index in [4.69, 9.17) is 4.74 Å². The van der Waals surface area contributed by atoms with Crippen molar-refractivity contribution in [3.63, 3.8) is 0 Å². The van der Waals surface area contributed by atoms with Gasteiger partial charge in [0.2, 0.25) is 11.8 Å². The highest BCUT2D eigenvalue weighted by Gasteiger charge is 2.35. The summed E-state index contributed by atoms with van der Waals surface area (Å²) < 4.78 is 5.24. The van der Waals surface area contributed by atoms with E-state index in [1.165, 1.54) is 0 Å². The number of nitrogens with zero attached hydrogens (tertiary/aromatic N) is 1. The Hall–Kier alpha value is -2.82. The lowest BCUT2D eigenvalue weighted by atomic mass is 10.1. The van der Waals surface area contributed by atoms with E-state index in [0.717, 1.165) is 11.3 Å². The second kappa shape index (κ2) is 6.74. The molecule has 0 radical (unpaired) electrons. The van der Waals surface area contributed by atoms with Gasteiger partial charge in [-0.05, 0) is 36.8 Å². The number of methoxy groups -OCH3 is 1. The monoisotopic (exact) mass is 324 g/mol. The van der Waals surface area contributed by atoms with Gasteiger partial charge in [-0.25, -0.2) is 0 Å². The van der Waals surface area contributed by atoms with E-state index in [-0.39, 0.29) is 24.2 Å². The molecular weight excluding hydrogens is 304 g/mol. The first-order chi connectivity index (χ1) is 11.6. The standard InChI is InChI=1S/C19H20N2O3/c1-13-6-5-7-15(10-13)21-12-14(11-18(21)22)19(23)20-16-8-3-4-9-17(16)24-2/h3-10,14H,11-12H2,1-2H3,(H,20,23)/t14-/m1/s1. The van der Waals surface area contributed by atoms with Crippen molar-refractivity contribution in [2.45, 2.75) is 13.3 Å². The molecule has 1 fully saturated rings. The Labute approximate surface area is 141 Å². The van der Waals surface area contributed by atoms with Gasteiger partial charge in [0.25, 0.3) is 0 Å². The normalized spacial score (nSPS) is 17.0. The Bertz CT molecular complexity index is 773. The summed E-state index contributed by atoms with van der Waals surface area (Å²) in [5.41, 5.74) is 2.54. The highest BCUT2D eigenvalue weighted by molar-refractivity contribution is 6.03. The number of amides is 2. The molecule has 0 bridgehead atoms. The lowest BCUT2D eigenvalue weighted by Crippen LogP contribution is -2.28. The number of carbonyl (C=O) groups excluding carboxylic acids is 2. The van der Waals surface area contributed by atoms with Crippen LogP contribution in [0.25, 0.3) is 0 Å². The quantitative estimate of drug-likeness (QED) is 0.940. The number of para-hydroxylation sites is 2. The van der Waals surface area contributed by atoms with Crippen LogP contribution < -0.4 is 15.0 Å². The number of benzene rings is 2. The predicted octanol–water partition coefficient (Wildman–Crippen LogP) is 3.00. The molecule has 0 unspecified atom stereocenters. The average molecular weight is 324 g/mol. The van der Waals surface area contributed by atoms with Gasteiger partial charge in [-0.3, -0.25) is 9.59 Å². The Balaban J connectivity index is 1.72. The third-order valence-electron chi connectivity index (χ3n) is 4.17. The van der Waals surface area contributed by atoms with E-state index >= 15 is 0 Å². The molecular formula is C19H20N2O3. The zero-order chi connectivity index (χ0) is 17.1. The molecule has 5 nitrogen and oxygen atoms in total. The molecule has 1 aliphatic rings. The first-order valence-corrected chi connectivity index (χ1v) is 7.89. The molecule has 2 aromatic rings. The van der Waals surface area contributed by atoms with Crippen LogP contribution in [0.1, 0.15) is 12.0 Å². The molecule has 1 N–H and O–H groups in total. The molecule has 2 amide bonds. The summed E-state index contributed by atoms with van der Waals surface area (Å²) in [6, 6.07) is 15.0. The van der Waals surface area contributed by atoms with Gasteiger partial charge in [0, 0.05) is 18.7 Å². The van der Waals surface area contributed by atoms with E-state index in [2.05, 4.69) is 5.32 Å². The number of anilines is 2. The number of ether oxygens (including phenoxy) is 1. The molecule has 0 spiro atoms. The van der Waals surface area contributed by atoms with Crippen molar-refractivity contribution in [3.8, 4) is 5.75 Å². The Morgan fingerprint density at radius 3 is 2.75 bits per heavy atom. The summed E-state index contributed by atoms with van der Waals surface area (Å²) in [6.45, 7) is 2.37. The maximum absolute atomic E-state index is 12.5. The summed E-state index contributed by atoms with van der Waals surface area (Å²) >= 11 is 0. The smallest absolute Gasteiger partial charge is 0.229 e. The highest BCUT2D eigenvalue weighted by atomic mass is 16.5. The van der Waals surface area contributed by atoms with Crippen LogP contribution in [0.4, 0.5) is 11.4 Å². The lowest BCUT2D eigenvalue weighted by Gasteiger charge is -2.17. The van der Waals surface area contributed by atoms with E-state index < -0.39 is 0 Å². The highest BCUT2D eigenvalue weighted by Crippen LogP contribution is 2.28. The second-order valence-corrected chi connectivity index (χ2v) is 5.93. The topological polar surface area (TPSA) is 58.6 Å². The number of hydrogen-bond acceptors (Lipinski definition) is 3. The summed E-state index contributed by atoms with van der Waals surface area (Å²) in [5, 5.41) is 2.86. The molecule has 5 heteroatoms. The minimum Gasteiger partial charge on any atom is -0.495 e. The van der Waals surface area contributed by atoms with Crippen LogP contribution in [0.3, 0.4) is 0 Å². The van der Waals surface area contributed by atoms with Crippen LogP contribution in [0.2, 0.25) is 0 Å². The molecule has 0 aromatic heterocycles. The fraction of sp³-hybridized carbons (Fsp3) is 0.263. The molecule has 3 rings (SSSR count). The fourth-order valence-electron chi connectivity index (χ4n) is 2.91. The number of nitrogens with one attached hydrogen (secondary N) is 1. The number of rotatable bonds is 4. The van der Waals surface area contributed by atoms with E-state index in [1.54, 1.807) is 24.1 Å². The van der Waals surface area contributed by atoms with Gasteiger partial charge >= 0.3 is 0 Å². The van der Waals surface area contributed by atoms with Gasteiger partial charge in [-0.15, -0.1) is 0 Å². The van der Waals surface area contributed by atoms with E-state index in [1.807, 2.05) is 43.3 Å². The minimum atomic E-state index is -0.372. The summed E-state index contributed by atoms with van der Waals surface area (Å²) in [4.78, 5) is 26.5. The van der Waals surface area contributed by atoms with Crippen molar-refractivity contribution in [1.29, 1.82) is 0 Å². The van der Waals surface area contributed by atoms with Crippen LogP contribution in [0.5, 0.6) is 5.75 Å². The number of aryl methyl sites for hydroxylation is 1. The van der Waals surface area contributed by atoms with Crippen molar-refractivity contribution in [1.82, 2.24) is 0 Å². The van der Waals surface area contributed by atoms with Gasteiger partial charge in [0.05, 0.1) is 18.7 Å². The zero-order valence-electron chi connectivity index (χ0n) is 13.8. The maximum atomic E-state index is 12.5. The maximum Gasteiger partial charge on any atom is 0.229 e. The molecule has 0 saturated carbocycles. The number of carbonyl (C=O) groups is 2. The Morgan fingerprint density at radius 1 is 1.21 bits per heavy atom. The Morgan fingerprint density at radius 2 is 2.00 bits per heavy atom. The summed E-state index contributed by atoms with van der Waals surface area (Å²) in [5.74, 6) is 0.0393. The molecule has 1 atom stereocenters. The minimum absolute atomic E-state index is 0.0271. The molecule has 1 aliphatic heterocycles. The zero-order valence-corrected chi connectivity index (χ0v) is 13.8. The first kappa shape index (κ1) is 16.1. The largest absolute Gasteiger partial charge is 0.495 e. The molecule has 24 heavy (non-hydrogen) atoms. The molecule has 2 aromatic carbocycles. The van der Waals surface area contributed by atoms with Crippen LogP contribution in [0.15, 0.2) is 48.5 Å². The van der Waals surface area contributed by atoms with Crippen LogP contribution in [-0.4, -0.2) is 25.5 Å².